The molecule has 1 N–H and O–H groups in total. The van der Waals surface area contributed by atoms with E-state index in [4.69, 9.17) is 4.74 Å². The van der Waals surface area contributed by atoms with Crippen molar-refractivity contribution < 1.29 is 27.5 Å². The Hall–Kier alpha value is -3.09. The molecule has 146 valence electrons. The first-order valence-electron chi connectivity index (χ1n) is 8.74. The number of amides is 1. The first-order valence-corrected chi connectivity index (χ1v) is 8.74. The molecule has 7 heteroatoms. The van der Waals surface area contributed by atoms with E-state index in [1.807, 2.05) is 0 Å². The SMILES string of the molecule is O=C(/C=C/c1cccc(C(F)(F)F)c1)O[C@H](C(=O)NC1CC1)c1ccccc1. The van der Waals surface area contributed by atoms with Crippen LogP contribution >= 0.6 is 0 Å². The van der Waals surface area contributed by atoms with Crippen LogP contribution in [0.15, 0.2) is 60.7 Å². The van der Waals surface area contributed by atoms with Crippen LogP contribution in [0.2, 0.25) is 0 Å². The summed E-state index contributed by atoms with van der Waals surface area (Å²) in [6, 6.07) is 13.2. The van der Waals surface area contributed by atoms with Crippen LogP contribution in [0.4, 0.5) is 13.2 Å². The number of halogens is 3. The van der Waals surface area contributed by atoms with Gasteiger partial charge in [0.15, 0.2) is 0 Å². The van der Waals surface area contributed by atoms with E-state index in [2.05, 4.69) is 5.32 Å². The third kappa shape index (κ3) is 5.45. The van der Waals surface area contributed by atoms with Crippen molar-refractivity contribution in [3.05, 3.63) is 77.4 Å². The van der Waals surface area contributed by atoms with Gasteiger partial charge in [-0.3, -0.25) is 4.79 Å². The highest BCUT2D eigenvalue weighted by atomic mass is 19.4. The van der Waals surface area contributed by atoms with Crippen molar-refractivity contribution in [3.8, 4) is 0 Å². The van der Waals surface area contributed by atoms with E-state index in [0.29, 0.717) is 5.56 Å². The fourth-order valence-electron chi connectivity index (χ4n) is 2.54. The molecule has 0 spiro atoms. The quantitative estimate of drug-likeness (QED) is 0.593. The van der Waals surface area contributed by atoms with Crippen LogP contribution in [0, 0.1) is 0 Å². The second-order valence-corrected chi connectivity index (χ2v) is 6.47. The van der Waals surface area contributed by atoms with E-state index in [1.54, 1.807) is 30.3 Å². The van der Waals surface area contributed by atoms with Gasteiger partial charge in [-0.25, -0.2) is 4.79 Å². The lowest BCUT2D eigenvalue weighted by Crippen LogP contribution is -2.33. The highest BCUT2D eigenvalue weighted by Crippen LogP contribution is 2.30. The number of carbonyl (C=O) groups excluding carboxylic acids is 2. The molecule has 0 saturated heterocycles. The first kappa shape index (κ1) is 19.7. The lowest BCUT2D eigenvalue weighted by atomic mass is 10.1. The van der Waals surface area contributed by atoms with Gasteiger partial charge >= 0.3 is 12.1 Å². The van der Waals surface area contributed by atoms with Crippen molar-refractivity contribution in [2.24, 2.45) is 0 Å². The first-order chi connectivity index (χ1) is 13.3. The van der Waals surface area contributed by atoms with E-state index >= 15 is 0 Å². The highest BCUT2D eigenvalue weighted by molar-refractivity contribution is 5.91. The molecule has 2 aromatic rings. The topological polar surface area (TPSA) is 55.4 Å². The Morgan fingerprint density at radius 1 is 1.07 bits per heavy atom. The third-order valence-electron chi connectivity index (χ3n) is 4.12. The summed E-state index contributed by atoms with van der Waals surface area (Å²) < 4.78 is 43.6. The van der Waals surface area contributed by atoms with Crippen LogP contribution in [0.25, 0.3) is 6.08 Å². The van der Waals surface area contributed by atoms with Crippen molar-refractivity contribution in [1.29, 1.82) is 0 Å². The van der Waals surface area contributed by atoms with E-state index in [-0.39, 0.29) is 11.6 Å². The van der Waals surface area contributed by atoms with Crippen molar-refractivity contribution in [2.75, 3.05) is 0 Å². The maximum Gasteiger partial charge on any atom is 0.416 e. The second kappa shape index (κ2) is 8.29. The summed E-state index contributed by atoms with van der Waals surface area (Å²) in [7, 11) is 0. The molecule has 0 radical (unpaired) electrons. The molecular weight excluding hydrogens is 371 g/mol. The van der Waals surface area contributed by atoms with E-state index in [0.717, 1.165) is 31.1 Å². The normalized spacial score (nSPS) is 15.2. The molecule has 0 aromatic heterocycles. The number of alkyl halides is 3. The minimum atomic E-state index is -4.47. The van der Waals surface area contributed by atoms with Crippen LogP contribution in [-0.4, -0.2) is 17.9 Å². The number of ether oxygens (including phenoxy) is 1. The van der Waals surface area contributed by atoms with Gasteiger partial charge in [-0.1, -0.05) is 42.5 Å². The molecule has 0 heterocycles. The highest BCUT2D eigenvalue weighted by Gasteiger charge is 2.31. The van der Waals surface area contributed by atoms with E-state index in [9.17, 15) is 22.8 Å². The number of carbonyl (C=O) groups is 2. The Balaban J connectivity index is 1.71. The van der Waals surface area contributed by atoms with Crippen LogP contribution in [0.3, 0.4) is 0 Å². The fraction of sp³-hybridized carbons (Fsp3) is 0.238. The molecule has 0 aliphatic heterocycles. The summed E-state index contributed by atoms with van der Waals surface area (Å²) in [6.07, 6.45) is -1.59. The van der Waals surface area contributed by atoms with E-state index < -0.39 is 29.7 Å². The predicted molar refractivity (Wildman–Crippen MR) is 96.9 cm³/mol. The van der Waals surface area contributed by atoms with Gasteiger partial charge in [0.25, 0.3) is 5.91 Å². The Morgan fingerprint density at radius 2 is 1.79 bits per heavy atom. The summed E-state index contributed by atoms with van der Waals surface area (Å²) in [5.74, 6) is -1.24. The lowest BCUT2D eigenvalue weighted by Gasteiger charge is -2.17. The summed E-state index contributed by atoms with van der Waals surface area (Å²) in [6.45, 7) is 0. The molecule has 1 fully saturated rings. The molecular formula is C21H18F3NO3. The van der Waals surface area contributed by atoms with Gasteiger partial charge in [-0.05, 0) is 36.6 Å². The van der Waals surface area contributed by atoms with E-state index in [1.165, 1.54) is 18.2 Å². The van der Waals surface area contributed by atoms with Gasteiger partial charge in [0.2, 0.25) is 6.10 Å². The maximum absolute atomic E-state index is 12.8. The molecule has 2 aromatic carbocycles. The van der Waals surface area contributed by atoms with Gasteiger partial charge in [0, 0.05) is 17.7 Å². The zero-order valence-electron chi connectivity index (χ0n) is 14.8. The zero-order chi connectivity index (χ0) is 20.1. The lowest BCUT2D eigenvalue weighted by molar-refractivity contribution is -0.151. The number of hydrogen-bond acceptors (Lipinski definition) is 3. The molecule has 4 nitrogen and oxygen atoms in total. The summed E-state index contributed by atoms with van der Waals surface area (Å²) in [5, 5.41) is 2.79. The monoisotopic (exact) mass is 389 g/mol. The molecule has 1 atom stereocenters. The Labute approximate surface area is 160 Å². The fourth-order valence-corrected chi connectivity index (χ4v) is 2.54. The average molecular weight is 389 g/mol. The third-order valence-corrected chi connectivity index (χ3v) is 4.12. The molecule has 1 saturated carbocycles. The Kier molecular flexibility index (Phi) is 5.82. The smallest absolute Gasteiger partial charge is 0.416 e. The summed E-state index contributed by atoms with van der Waals surface area (Å²) >= 11 is 0. The van der Waals surface area contributed by atoms with Crippen molar-refractivity contribution in [3.63, 3.8) is 0 Å². The summed E-state index contributed by atoms with van der Waals surface area (Å²) in [4.78, 5) is 24.6. The second-order valence-electron chi connectivity index (χ2n) is 6.47. The van der Waals surface area contributed by atoms with Crippen LogP contribution in [0.1, 0.15) is 35.6 Å². The van der Waals surface area contributed by atoms with Crippen LogP contribution < -0.4 is 5.32 Å². The molecule has 0 bridgehead atoms. The number of esters is 1. The van der Waals surface area contributed by atoms with Crippen molar-refractivity contribution in [2.45, 2.75) is 31.2 Å². The van der Waals surface area contributed by atoms with Gasteiger partial charge < -0.3 is 10.1 Å². The Bertz CT molecular complexity index is 874. The number of benzene rings is 2. The van der Waals surface area contributed by atoms with Crippen molar-refractivity contribution in [1.82, 2.24) is 5.32 Å². The van der Waals surface area contributed by atoms with Gasteiger partial charge in [0.1, 0.15) is 0 Å². The number of nitrogens with one attached hydrogen (secondary N) is 1. The molecule has 3 rings (SSSR count). The molecule has 0 unspecified atom stereocenters. The van der Waals surface area contributed by atoms with Crippen LogP contribution in [0.5, 0.6) is 0 Å². The maximum atomic E-state index is 12.8. The predicted octanol–water partition coefficient (Wildman–Crippen LogP) is 4.28. The minimum Gasteiger partial charge on any atom is -0.444 e. The van der Waals surface area contributed by atoms with Gasteiger partial charge in [-0.2, -0.15) is 13.2 Å². The zero-order valence-corrected chi connectivity index (χ0v) is 14.8. The molecule has 1 amide bonds. The Morgan fingerprint density at radius 3 is 2.43 bits per heavy atom. The minimum absolute atomic E-state index is 0.0954. The molecule has 1 aliphatic rings. The van der Waals surface area contributed by atoms with Crippen LogP contribution in [-0.2, 0) is 20.5 Å². The standard InChI is InChI=1S/C21H18F3NO3/c22-21(23,24)16-8-4-5-14(13-16)9-12-18(26)28-19(15-6-2-1-3-7-15)20(27)25-17-10-11-17/h1-9,12-13,17,19H,10-11H2,(H,25,27)/b12-9+/t19-/m0/s1. The largest absolute Gasteiger partial charge is 0.444 e. The number of rotatable bonds is 6. The number of hydrogen-bond donors (Lipinski definition) is 1. The van der Waals surface area contributed by atoms with Crippen molar-refractivity contribution >= 4 is 18.0 Å². The molecule has 1 aliphatic carbocycles. The molecule has 28 heavy (non-hydrogen) atoms. The van der Waals surface area contributed by atoms with Gasteiger partial charge in [-0.15, -0.1) is 0 Å². The average Bonchev–Trinajstić information content (AvgIpc) is 3.48. The van der Waals surface area contributed by atoms with Gasteiger partial charge in [0.05, 0.1) is 5.56 Å². The summed E-state index contributed by atoms with van der Waals surface area (Å²) in [5.41, 5.74) is -0.0964.